The first-order chi connectivity index (χ1) is 12.7. The fraction of sp³-hybridized carbons (Fsp3) is 0.684. The lowest BCUT2D eigenvalue weighted by atomic mass is 9.99. The molecular weight excluding hydrogens is 396 g/mol. The second-order valence-corrected chi connectivity index (χ2v) is 11.5. The minimum absolute atomic E-state index is 0.108. The number of benzene rings is 1. The maximum atomic E-state index is 10.7. The van der Waals surface area contributed by atoms with Gasteiger partial charge in [0.05, 0.1) is 0 Å². The first-order valence-electron chi connectivity index (χ1n) is 9.57. The van der Waals surface area contributed by atoms with Gasteiger partial charge < -0.3 is 0 Å². The Bertz CT molecular complexity index is 635. The lowest BCUT2D eigenvalue weighted by Gasteiger charge is -2.38. The van der Waals surface area contributed by atoms with E-state index < -0.39 is 15.6 Å². The van der Waals surface area contributed by atoms with E-state index in [4.69, 9.17) is 13.0 Å². The molecule has 3 nitrogen and oxygen atoms in total. The van der Waals surface area contributed by atoms with E-state index in [9.17, 15) is 13.2 Å². The molecule has 0 heterocycles. The van der Waals surface area contributed by atoms with Gasteiger partial charge in [0, 0.05) is 0 Å². The summed E-state index contributed by atoms with van der Waals surface area (Å²) in [5, 5.41) is 1.70. The number of hydrogen-bond acceptors (Lipinski definition) is 2. The molecular formula is C19H28F3O3PS. The Morgan fingerprint density at radius 3 is 1.52 bits per heavy atom. The molecule has 8 heteroatoms. The molecule has 0 aromatic heterocycles. The molecule has 2 saturated carbocycles. The second-order valence-electron chi connectivity index (χ2n) is 7.25. The highest BCUT2D eigenvalue weighted by Crippen LogP contribution is 2.54. The molecule has 0 saturated heterocycles. The van der Waals surface area contributed by atoms with Gasteiger partial charge in [0.2, 0.25) is 0 Å². The Hall–Kier alpha value is -0.650. The van der Waals surface area contributed by atoms with E-state index in [2.05, 4.69) is 30.3 Å². The molecule has 2 fully saturated rings. The highest BCUT2D eigenvalue weighted by Gasteiger charge is 2.44. The van der Waals surface area contributed by atoms with E-state index in [-0.39, 0.29) is 7.92 Å². The van der Waals surface area contributed by atoms with Crippen LogP contribution >= 0.6 is 7.92 Å². The van der Waals surface area contributed by atoms with Crippen molar-refractivity contribution in [2.24, 2.45) is 0 Å². The van der Waals surface area contributed by atoms with Crippen molar-refractivity contribution >= 4 is 23.3 Å². The summed E-state index contributed by atoms with van der Waals surface area (Å²) in [6, 6.07) is 11.6. The SMILES string of the molecule is O=S(=O)(O)C(F)(F)F.c1ccc(P(C2CCCCC2)C2CCCCC2)cc1. The third-order valence-corrected chi connectivity index (χ3v) is 9.37. The van der Waals surface area contributed by atoms with Crippen molar-refractivity contribution in [2.75, 3.05) is 0 Å². The van der Waals surface area contributed by atoms with Crippen LogP contribution in [0.1, 0.15) is 64.2 Å². The molecule has 0 radical (unpaired) electrons. The van der Waals surface area contributed by atoms with Gasteiger partial charge in [0.25, 0.3) is 0 Å². The lowest BCUT2D eigenvalue weighted by molar-refractivity contribution is -0.0510. The van der Waals surface area contributed by atoms with Crippen LogP contribution in [0.15, 0.2) is 30.3 Å². The maximum absolute atomic E-state index is 10.7. The van der Waals surface area contributed by atoms with Crippen LogP contribution in [0.2, 0.25) is 0 Å². The summed E-state index contributed by atoms with van der Waals surface area (Å²) in [4.78, 5) is 0. The minimum Gasteiger partial charge on any atom is -0.279 e. The summed E-state index contributed by atoms with van der Waals surface area (Å²) in [6.45, 7) is 0. The normalized spacial score (nSPS) is 20.2. The van der Waals surface area contributed by atoms with Crippen molar-refractivity contribution in [1.29, 1.82) is 0 Å². The number of halogens is 3. The number of alkyl halides is 3. The van der Waals surface area contributed by atoms with Gasteiger partial charge in [-0.25, -0.2) is 0 Å². The third-order valence-electron chi connectivity index (χ3n) is 5.28. The van der Waals surface area contributed by atoms with E-state index in [1.807, 2.05) is 0 Å². The molecule has 0 aliphatic heterocycles. The van der Waals surface area contributed by atoms with Gasteiger partial charge in [0.15, 0.2) is 0 Å². The topological polar surface area (TPSA) is 54.4 Å². The average molecular weight is 424 g/mol. The Kier molecular flexibility index (Phi) is 8.57. The first kappa shape index (κ1) is 22.6. The molecule has 2 aliphatic carbocycles. The van der Waals surface area contributed by atoms with Crippen molar-refractivity contribution in [3.63, 3.8) is 0 Å². The summed E-state index contributed by atoms with van der Waals surface area (Å²) in [7, 11) is -5.73. The van der Waals surface area contributed by atoms with Gasteiger partial charge in [-0.15, -0.1) is 0 Å². The summed E-state index contributed by atoms with van der Waals surface area (Å²) in [5.74, 6) is 0. The monoisotopic (exact) mass is 424 g/mol. The summed E-state index contributed by atoms with van der Waals surface area (Å²) < 4.78 is 57.5. The maximum Gasteiger partial charge on any atom is 0.522 e. The van der Waals surface area contributed by atoms with Crippen LogP contribution in [0.3, 0.4) is 0 Å². The average Bonchev–Trinajstić information content (AvgIpc) is 2.64. The van der Waals surface area contributed by atoms with E-state index in [1.165, 1.54) is 64.2 Å². The zero-order valence-corrected chi connectivity index (χ0v) is 17.1. The fourth-order valence-corrected chi connectivity index (χ4v) is 7.84. The van der Waals surface area contributed by atoms with Gasteiger partial charge in [-0.2, -0.15) is 21.6 Å². The highest BCUT2D eigenvalue weighted by molar-refractivity contribution is 7.86. The molecule has 154 valence electrons. The van der Waals surface area contributed by atoms with Crippen molar-refractivity contribution in [3.8, 4) is 0 Å². The van der Waals surface area contributed by atoms with Crippen molar-refractivity contribution < 1.29 is 26.1 Å². The molecule has 0 amide bonds. The Balaban J connectivity index is 0.000000279. The Morgan fingerprint density at radius 1 is 0.815 bits per heavy atom. The van der Waals surface area contributed by atoms with Crippen LogP contribution in [-0.2, 0) is 10.1 Å². The van der Waals surface area contributed by atoms with E-state index in [1.54, 1.807) is 5.30 Å². The lowest BCUT2D eigenvalue weighted by Crippen LogP contribution is -2.26. The van der Waals surface area contributed by atoms with Gasteiger partial charge in [-0.05, 0) is 42.3 Å². The molecule has 1 N–H and O–H groups in total. The van der Waals surface area contributed by atoms with Gasteiger partial charge in [0.1, 0.15) is 0 Å². The smallest absolute Gasteiger partial charge is 0.279 e. The molecule has 3 rings (SSSR count). The summed E-state index contributed by atoms with van der Waals surface area (Å²) in [6.07, 6.45) is 15.0. The van der Waals surface area contributed by atoms with E-state index in [0.29, 0.717) is 0 Å². The van der Waals surface area contributed by atoms with Crippen LogP contribution in [0.4, 0.5) is 13.2 Å². The molecule has 0 atom stereocenters. The zero-order valence-electron chi connectivity index (χ0n) is 15.4. The molecule has 0 bridgehead atoms. The zero-order chi connectivity index (χ0) is 19.9. The largest absolute Gasteiger partial charge is 0.522 e. The third kappa shape index (κ3) is 7.03. The highest BCUT2D eigenvalue weighted by atomic mass is 32.2. The van der Waals surface area contributed by atoms with Crippen molar-refractivity contribution in [3.05, 3.63) is 30.3 Å². The number of rotatable bonds is 3. The second kappa shape index (κ2) is 10.2. The molecule has 1 aromatic carbocycles. The van der Waals surface area contributed by atoms with Crippen LogP contribution in [0, 0.1) is 0 Å². The van der Waals surface area contributed by atoms with Gasteiger partial charge in [-0.1, -0.05) is 76.8 Å². The van der Waals surface area contributed by atoms with E-state index >= 15 is 0 Å². The number of hydrogen-bond donors (Lipinski definition) is 1. The predicted molar refractivity (Wildman–Crippen MR) is 104 cm³/mol. The summed E-state index contributed by atoms with van der Waals surface area (Å²) in [5.41, 5.74) is -3.46. The van der Waals surface area contributed by atoms with Crippen LogP contribution in [0.25, 0.3) is 0 Å². The molecule has 1 aromatic rings. The Morgan fingerprint density at radius 2 is 1.19 bits per heavy atom. The fourth-order valence-electron chi connectivity index (χ4n) is 4.04. The summed E-state index contributed by atoms with van der Waals surface area (Å²) >= 11 is 0. The first-order valence-corrected chi connectivity index (χ1v) is 12.5. The van der Waals surface area contributed by atoms with Gasteiger partial charge >= 0.3 is 15.6 Å². The standard InChI is InChI=1S/C18H27P.CHF3O3S/c1-4-10-16(11-5-1)19(17-12-6-2-7-13-17)18-14-8-3-9-15-18;2-1(3,4)8(5,6)7/h1,4-5,10-11,17-18H,2-3,6-9,12-15H2;(H,5,6,7). The van der Waals surface area contributed by atoms with Crippen molar-refractivity contribution in [1.82, 2.24) is 0 Å². The van der Waals surface area contributed by atoms with Crippen LogP contribution in [0.5, 0.6) is 0 Å². The van der Waals surface area contributed by atoms with E-state index in [0.717, 1.165) is 11.3 Å². The van der Waals surface area contributed by atoms with Crippen molar-refractivity contribution in [2.45, 2.75) is 81.0 Å². The molecule has 0 unspecified atom stereocenters. The molecule has 27 heavy (non-hydrogen) atoms. The van der Waals surface area contributed by atoms with Gasteiger partial charge in [-0.3, -0.25) is 4.55 Å². The predicted octanol–water partition coefficient (Wildman–Crippen LogP) is 5.85. The minimum atomic E-state index is -5.84. The van der Waals surface area contributed by atoms with Crippen LogP contribution < -0.4 is 5.30 Å². The molecule has 0 spiro atoms. The molecule has 2 aliphatic rings. The van der Waals surface area contributed by atoms with Crippen LogP contribution in [-0.4, -0.2) is 29.8 Å². The quantitative estimate of drug-likeness (QED) is 0.376. The Labute approximate surface area is 161 Å².